The summed E-state index contributed by atoms with van der Waals surface area (Å²) in [6.07, 6.45) is 1.70. The van der Waals surface area contributed by atoms with E-state index in [4.69, 9.17) is 9.15 Å². The van der Waals surface area contributed by atoms with Crippen LogP contribution in [0.3, 0.4) is 0 Å². The highest BCUT2D eigenvalue weighted by Crippen LogP contribution is 2.35. The molecule has 186 valence electrons. The summed E-state index contributed by atoms with van der Waals surface area (Å²) in [7, 11) is 2.58. The summed E-state index contributed by atoms with van der Waals surface area (Å²) in [5.74, 6) is -1.19. The van der Waals surface area contributed by atoms with E-state index in [0.717, 1.165) is 44.9 Å². The highest BCUT2D eigenvalue weighted by atomic mass is 32.2. The van der Waals surface area contributed by atoms with E-state index in [9.17, 15) is 19.2 Å². The molecule has 2 aromatic heterocycles. The summed E-state index contributed by atoms with van der Waals surface area (Å²) in [6.45, 7) is 5.68. The Kier molecular flexibility index (Phi) is 6.89. The Bertz CT molecular complexity index is 1430. The van der Waals surface area contributed by atoms with Crippen molar-refractivity contribution in [3.63, 3.8) is 0 Å². The van der Waals surface area contributed by atoms with Crippen LogP contribution in [0.25, 0.3) is 11.8 Å². The number of hydrogen-bond donors (Lipinski definition) is 0. The van der Waals surface area contributed by atoms with Crippen molar-refractivity contribution in [1.82, 2.24) is 9.47 Å². The summed E-state index contributed by atoms with van der Waals surface area (Å²) in [6, 6.07) is 10.2. The molecule has 2 amide bonds. The maximum Gasteiger partial charge on any atom is 0.373 e. The molecule has 36 heavy (non-hydrogen) atoms. The van der Waals surface area contributed by atoms with Crippen molar-refractivity contribution in [2.75, 3.05) is 14.2 Å². The van der Waals surface area contributed by atoms with Gasteiger partial charge in [0.25, 0.3) is 11.1 Å². The maximum absolute atomic E-state index is 13.0. The summed E-state index contributed by atoms with van der Waals surface area (Å²) in [5, 5.41) is -0.426. The van der Waals surface area contributed by atoms with Crippen LogP contribution in [0.2, 0.25) is 0 Å². The zero-order valence-electron chi connectivity index (χ0n) is 20.4. The van der Waals surface area contributed by atoms with Gasteiger partial charge in [-0.3, -0.25) is 14.5 Å². The maximum atomic E-state index is 13.0. The standard InChI is InChI=1S/C26H24N2O7S/c1-14-10-17(24(30)33-4)6-8-20(14)28-15(2)11-18(16(28)3)12-22-23(29)27(26(32)36-22)13-19-7-9-21(35-19)25(31)34-5/h6-12H,13H2,1-5H3/b22-12+. The van der Waals surface area contributed by atoms with Crippen molar-refractivity contribution >= 4 is 40.9 Å². The molecule has 0 unspecified atom stereocenters. The van der Waals surface area contributed by atoms with E-state index in [0.29, 0.717) is 11.3 Å². The number of ether oxygens (including phenoxy) is 2. The lowest BCUT2D eigenvalue weighted by atomic mass is 10.1. The van der Waals surface area contributed by atoms with Crippen molar-refractivity contribution in [3.8, 4) is 5.69 Å². The zero-order chi connectivity index (χ0) is 26.1. The monoisotopic (exact) mass is 508 g/mol. The average Bonchev–Trinajstić information content (AvgIpc) is 3.51. The predicted molar refractivity (Wildman–Crippen MR) is 133 cm³/mol. The summed E-state index contributed by atoms with van der Waals surface area (Å²) in [5.41, 5.74) is 4.84. The fraction of sp³-hybridized carbons (Fsp3) is 0.231. The van der Waals surface area contributed by atoms with Gasteiger partial charge in [0.1, 0.15) is 5.76 Å². The van der Waals surface area contributed by atoms with Crippen molar-refractivity contribution in [2.45, 2.75) is 27.3 Å². The molecule has 9 nitrogen and oxygen atoms in total. The van der Waals surface area contributed by atoms with E-state index in [1.54, 1.807) is 18.2 Å². The molecule has 0 spiro atoms. The molecule has 1 aliphatic rings. The smallest absolute Gasteiger partial charge is 0.373 e. The lowest BCUT2D eigenvalue weighted by Crippen LogP contribution is -2.27. The number of carbonyl (C=O) groups excluding carboxylic acids is 4. The molecular formula is C26H24N2O7S. The first-order valence-electron chi connectivity index (χ1n) is 10.9. The molecule has 3 aromatic rings. The van der Waals surface area contributed by atoms with Gasteiger partial charge < -0.3 is 18.5 Å². The fourth-order valence-electron chi connectivity index (χ4n) is 4.06. The topological polar surface area (TPSA) is 108 Å². The van der Waals surface area contributed by atoms with Crippen LogP contribution >= 0.6 is 11.8 Å². The number of rotatable bonds is 6. The highest BCUT2D eigenvalue weighted by molar-refractivity contribution is 8.18. The molecule has 0 radical (unpaired) electrons. The van der Waals surface area contributed by atoms with Crippen molar-refractivity contribution < 1.29 is 33.1 Å². The van der Waals surface area contributed by atoms with E-state index < -0.39 is 23.1 Å². The first-order valence-corrected chi connectivity index (χ1v) is 11.8. The van der Waals surface area contributed by atoms with E-state index in [1.807, 2.05) is 37.5 Å². The Morgan fingerprint density at radius 3 is 2.39 bits per heavy atom. The quantitative estimate of drug-likeness (QED) is 0.345. The number of benzene rings is 1. The van der Waals surface area contributed by atoms with Crippen LogP contribution in [-0.2, 0) is 20.8 Å². The molecule has 0 atom stereocenters. The molecule has 3 heterocycles. The second-order valence-corrected chi connectivity index (χ2v) is 9.17. The van der Waals surface area contributed by atoms with Gasteiger partial charge in [0, 0.05) is 17.1 Å². The number of nitrogens with zero attached hydrogens (tertiary/aromatic N) is 2. The zero-order valence-corrected chi connectivity index (χ0v) is 21.2. The van der Waals surface area contributed by atoms with E-state index in [-0.39, 0.29) is 17.2 Å². The van der Waals surface area contributed by atoms with Gasteiger partial charge >= 0.3 is 11.9 Å². The van der Waals surface area contributed by atoms with E-state index >= 15 is 0 Å². The molecule has 1 saturated heterocycles. The molecule has 10 heteroatoms. The molecule has 1 fully saturated rings. The third kappa shape index (κ3) is 4.59. The minimum atomic E-state index is -0.638. The minimum Gasteiger partial charge on any atom is -0.465 e. The van der Waals surface area contributed by atoms with Crippen LogP contribution in [0.4, 0.5) is 4.79 Å². The Balaban J connectivity index is 1.60. The predicted octanol–water partition coefficient (Wildman–Crippen LogP) is 4.81. The molecule has 0 N–H and O–H groups in total. The average molecular weight is 509 g/mol. The van der Waals surface area contributed by atoms with Crippen molar-refractivity contribution in [2.24, 2.45) is 0 Å². The second kappa shape index (κ2) is 9.90. The molecule has 4 rings (SSSR count). The van der Waals surface area contributed by atoms with Crippen molar-refractivity contribution in [1.29, 1.82) is 0 Å². The lowest BCUT2D eigenvalue weighted by molar-refractivity contribution is -0.123. The first-order chi connectivity index (χ1) is 17.1. The van der Waals surface area contributed by atoms with Gasteiger partial charge in [-0.05, 0) is 86.1 Å². The van der Waals surface area contributed by atoms with Crippen LogP contribution in [0.15, 0.2) is 45.7 Å². The molecule has 0 aliphatic carbocycles. The minimum absolute atomic E-state index is 0.00244. The second-order valence-electron chi connectivity index (χ2n) is 8.18. The number of aryl methyl sites for hydroxylation is 2. The third-order valence-corrected chi connectivity index (χ3v) is 6.76. The van der Waals surface area contributed by atoms with Gasteiger partial charge in [-0.15, -0.1) is 0 Å². The number of imide groups is 1. The number of aromatic nitrogens is 1. The fourth-order valence-corrected chi connectivity index (χ4v) is 4.89. The lowest BCUT2D eigenvalue weighted by Gasteiger charge is -2.14. The van der Waals surface area contributed by atoms with Gasteiger partial charge in [0.05, 0.1) is 31.2 Å². The van der Waals surface area contributed by atoms with Crippen LogP contribution in [0, 0.1) is 20.8 Å². The van der Waals surface area contributed by atoms with Crippen LogP contribution < -0.4 is 0 Å². The van der Waals surface area contributed by atoms with Crippen LogP contribution in [-0.4, -0.2) is 46.8 Å². The summed E-state index contributed by atoms with van der Waals surface area (Å²) in [4.78, 5) is 50.4. The molecule has 1 aromatic carbocycles. The number of thioether (sulfide) groups is 1. The summed E-state index contributed by atoms with van der Waals surface area (Å²) >= 11 is 0.849. The van der Waals surface area contributed by atoms with Gasteiger partial charge in [-0.2, -0.15) is 0 Å². The van der Waals surface area contributed by atoms with E-state index in [1.165, 1.54) is 26.4 Å². The third-order valence-electron chi connectivity index (χ3n) is 5.85. The highest BCUT2D eigenvalue weighted by Gasteiger charge is 2.36. The first kappa shape index (κ1) is 25.1. The Morgan fingerprint density at radius 2 is 1.72 bits per heavy atom. The molecule has 1 aliphatic heterocycles. The molecular weight excluding hydrogens is 484 g/mol. The Morgan fingerprint density at radius 1 is 1.00 bits per heavy atom. The number of hydrogen-bond acceptors (Lipinski definition) is 8. The number of furan rings is 1. The summed E-state index contributed by atoms with van der Waals surface area (Å²) < 4.78 is 16.8. The van der Waals surface area contributed by atoms with Crippen molar-refractivity contribution in [3.05, 3.63) is 80.9 Å². The molecule has 0 bridgehead atoms. The Labute approximate surface area is 211 Å². The van der Waals surface area contributed by atoms with Crippen LogP contribution in [0.5, 0.6) is 0 Å². The van der Waals surface area contributed by atoms with Gasteiger partial charge in [-0.25, -0.2) is 9.59 Å². The number of methoxy groups -OCH3 is 2. The Hall–Kier alpha value is -4.05. The largest absolute Gasteiger partial charge is 0.465 e. The van der Waals surface area contributed by atoms with E-state index in [2.05, 4.69) is 4.74 Å². The van der Waals surface area contributed by atoms with Gasteiger partial charge in [-0.1, -0.05) is 0 Å². The van der Waals surface area contributed by atoms with Gasteiger partial charge in [0.2, 0.25) is 5.76 Å². The van der Waals surface area contributed by atoms with Gasteiger partial charge in [0.15, 0.2) is 0 Å². The number of carbonyl (C=O) groups is 4. The van der Waals surface area contributed by atoms with Crippen LogP contribution in [0.1, 0.15) is 49.2 Å². The molecule has 0 saturated carbocycles. The number of esters is 2. The SMILES string of the molecule is COC(=O)c1ccc(-n2c(C)cc(/C=C3/SC(=O)N(Cc4ccc(C(=O)OC)o4)C3=O)c2C)c(C)c1. The normalized spacial score (nSPS) is 14.6. The number of amides is 2.